The molecule has 0 saturated carbocycles. The maximum Gasteiger partial charge on any atom is 0.453 e. The first-order valence-electron chi connectivity index (χ1n) is 21.0. The lowest BCUT2D eigenvalue weighted by atomic mass is 9.93. The molecule has 0 fully saturated rings. The van der Waals surface area contributed by atoms with Crippen LogP contribution in [0.4, 0.5) is 0 Å². The Balaban J connectivity index is 1.43. The van der Waals surface area contributed by atoms with Crippen LogP contribution in [0, 0.1) is 41.5 Å². The number of rotatable bonds is 0. The summed E-state index contributed by atoms with van der Waals surface area (Å²) in [6.45, 7) is 12.8. The van der Waals surface area contributed by atoms with Crippen LogP contribution in [0.2, 0.25) is 0 Å². The van der Waals surface area contributed by atoms with Gasteiger partial charge in [-0.2, -0.15) is 0 Å². The van der Waals surface area contributed by atoms with E-state index in [4.69, 9.17) is 25.8 Å². The van der Waals surface area contributed by atoms with E-state index in [0.717, 1.165) is 121 Å². The lowest BCUT2D eigenvalue weighted by molar-refractivity contribution is 0.485. The number of benzene rings is 8. The second-order valence-corrected chi connectivity index (χ2v) is 18.6. The molecule has 306 valence electrons. The molecule has 0 N–H and O–H groups in total. The Morgan fingerprint density at radius 1 is 0.339 bits per heavy atom. The molecule has 6 nitrogen and oxygen atoms in total. The lowest BCUT2D eigenvalue weighted by Crippen LogP contribution is -2.02. The van der Waals surface area contributed by atoms with Gasteiger partial charge in [-0.1, -0.05) is 121 Å². The molecule has 2 atom stereocenters. The van der Waals surface area contributed by atoms with Crippen LogP contribution >= 0.6 is 16.5 Å². The zero-order chi connectivity index (χ0) is 42.2. The molecule has 8 aromatic carbocycles. The van der Waals surface area contributed by atoms with Crippen LogP contribution in [-0.2, 0) is 12.8 Å². The van der Waals surface area contributed by atoms with Gasteiger partial charge in [0.25, 0.3) is 0 Å². The molecule has 4 bridgehead atoms. The SMILES string of the molecule is Cc1ccc(C)c2c1Cc1c(C)ccc3ccc4ccc(C)c5c4op(oc4ccc6ccccc6c4c4c(ccc6ccccc64)op(oc13)O2)Oc1c(C)ccc(C)c1C5. The maximum atomic E-state index is 7.22. The van der Waals surface area contributed by atoms with Gasteiger partial charge in [-0.25, -0.2) is 0 Å². The highest BCUT2D eigenvalue weighted by atomic mass is 31.1. The minimum atomic E-state index is -2.07. The van der Waals surface area contributed by atoms with Crippen molar-refractivity contribution in [2.75, 3.05) is 0 Å². The van der Waals surface area contributed by atoms with E-state index in [9.17, 15) is 0 Å². The van der Waals surface area contributed by atoms with Crippen molar-refractivity contribution in [1.29, 1.82) is 0 Å². The first kappa shape index (κ1) is 38.3. The lowest BCUT2D eigenvalue weighted by Gasteiger charge is -2.19. The highest BCUT2D eigenvalue weighted by molar-refractivity contribution is 7.32. The Kier molecular flexibility index (Phi) is 9.34. The van der Waals surface area contributed by atoms with Crippen LogP contribution in [0.25, 0.3) is 65.4 Å². The minimum Gasteiger partial charge on any atom is -0.390 e. The minimum absolute atomic E-state index is 0.606. The van der Waals surface area contributed by atoms with Gasteiger partial charge in [-0.05, 0) is 109 Å². The summed E-state index contributed by atoms with van der Waals surface area (Å²) in [6, 6.07) is 46.5. The van der Waals surface area contributed by atoms with E-state index in [1.54, 1.807) is 0 Å². The molecule has 2 unspecified atom stereocenters. The average Bonchev–Trinajstić information content (AvgIpc) is 3.25. The van der Waals surface area contributed by atoms with Crippen molar-refractivity contribution in [2.45, 2.75) is 54.4 Å². The Morgan fingerprint density at radius 3 is 1.15 bits per heavy atom. The fourth-order valence-corrected chi connectivity index (χ4v) is 11.4. The summed E-state index contributed by atoms with van der Waals surface area (Å²) in [5.41, 5.74) is 13.8. The molecule has 1 aromatic heterocycles. The molecule has 2 aliphatic rings. The summed E-state index contributed by atoms with van der Waals surface area (Å²) in [7, 11) is -4.14. The van der Waals surface area contributed by atoms with Crippen molar-refractivity contribution >= 4 is 81.9 Å². The van der Waals surface area contributed by atoms with Crippen molar-refractivity contribution in [1.82, 2.24) is 0 Å². The van der Waals surface area contributed by atoms with Crippen LogP contribution in [0.1, 0.15) is 55.6 Å². The van der Waals surface area contributed by atoms with E-state index in [1.165, 1.54) is 0 Å². The summed E-state index contributed by atoms with van der Waals surface area (Å²) in [5.74, 6) is 1.59. The van der Waals surface area contributed by atoms with E-state index < -0.39 is 16.5 Å². The first-order valence-corrected chi connectivity index (χ1v) is 23.2. The summed E-state index contributed by atoms with van der Waals surface area (Å²) in [5, 5.41) is 7.63. The number of hydrogen-bond acceptors (Lipinski definition) is 6. The van der Waals surface area contributed by atoms with Crippen molar-refractivity contribution in [2.24, 2.45) is 0 Å². The quantitative estimate of drug-likeness (QED) is 0.151. The van der Waals surface area contributed by atoms with E-state index in [0.29, 0.717) is 24.0 Å². The molecule has 2 aliphatic heterocycles. The summed E-state index contributed by atoms with van der Waals surface area (Å²) >= 11 is 0. The average molecular weight is 851 g/mol. The molecule has 0 amide bonds. The third kappa shape index (κ3) is 6.49. The third-order valence-electron chi connectivity index (χ3n) is 12.6. The van der Waals surface area contributed by atoms with Gasteiger partial charge in [0.1, 0.15) is 33.8 Å². The van der Waals surface area contributed by atoms with E-state index in [1.807, 2.05) is 12.1 Å². The zero-order valence-corrected chi connectivity index (χ0v) is 37.2. The summed E-state index contributed by atoms with van der Waals surface area (Å²) < 4.78 is 42.7. The van der Waals surface area contributed by atoms with Gasteiger partial charge in [0.15, 0.2) is 0 Å². The van der Waals surface area contributed by atoms with Crippen LogP contribution in [0.15, 0.2) is 150 Å². The third-order valence-corrected chi connectivity index (χ3v) is 14.6. The molecule has 0 spiro atoms. The van der Waals surface area contributed by atoms with E-state index >= 15 is 0 Å². The van der Waals surface area contributed by atoms with Crippen LogP contribution in [0.5, 0.6) is 11.5 Å². The molecule has 8 heteroatoms. The number of aryl methyl sites for hydroxylation is 6. The first-order chi connectivity index (χ1) is 30.2. The number of hydrogen-bond donors (Lipinski definition) is 0. The van der Waals surface area contributed by atoms with Gasteiger partial charge >= 0.3 is 16.5 Å². The van der Waals surface area contributed by atoms with Crippen LogP contribution < -0.4 is 9.05 Å². The van der Waals surface area contributed by atoms with Gasteiger partial charge in [0.2, 0.25) is 0 Å². The van der Waals surface area contributed by atoms with Gasteiger partial charge in [0, 0.05) is 56.6 Å². The molecule has 0 aliphatic carbocycles. The zero-order valence-electron chi connectivity index (χ0n) is 35.5. The molecule has 11 rings (SSSR count). The smallest absolute Gasteiger partial charge is 0.390 e. The topological polar surface area (TPSA) is 71.0 Å². The van der Waals surface area contributed by atoms with Crippen LogP contribution in [0.3, 0.4) is 0 Å². The maximum absolute atomic E-state index is 7.22. The Hall–Kier alpha value is -6.58. The molecule has 62 heavy (non-hydrogen) atoms. The van der Waals surface area contributed by atoms with Crippen molar-refractivity contribution in [3.05, 3.63) is 189 Å². The molecular weight excluding hydrogens is 807 g/mol. The molecular formula is C54H44O6P2. The second-order valence-electron chi connectivity index (χ2n) is 16.6. The van der Waals surface area contributed by atoms with Gasteiger partial charge in [-0.3, -0.25) is 0 Å². The van der Waals surface area contributed by atoms with Crippen molar-refractivity contribution in [3.8, 4) is 11.5 Å². The van der Waals surface area contributed by atoms with E-state index in [2.05, 4.69) is 163 Å². The van der Waals surface area contributed by atoms with Crippen molar-refractivity contribution < 1.29 is 25.8 Å². The van der Waals surface area contributed by atoms with Gasteiger partial charge < -0.3 is 25.8 Å². The highest BCUT2D eigenvalue weighted by Gasteiger charge is 2.23. The normalized spacial score (nSPS) is 13.1. The standard InChI is InChI=1S/C54H44O6P2/c1-31-15-17-35(5)51-43(31)29-45-33(3)19-21-39-23-24-40-22-20-34(4)46-30-44-32(2)16-18-36(6)52(44)58-62(60-54(40)46)56-48-28-26-38-12-8-10-14-42(38)50(48)49-41-13-9-7-11-37(41)25-27-47(49)55-61(57-51)59-53(39)45/h7-28H,29-30H2,1-6H3. The predicted octanol–water partition coefficient (Wildman–Crippen LogP) is 16.8. The molecule has 3 heterocycles. The van der Waals surface area contributed by atoms with Gasteiger partial charge in [0.05, 0.1) is 0 Å². The fraction of sp³-hybridized carbons (Fsp3) is 0.148. The fourth-order valence-electron chi connectivity index (χ4n) is 9.06. The Labute approximate surface area is 361 Å². The second kappa shape index (κ2) is 15.1. The molecule has 9 aromatic rings. The van der Waals surface area contributed by atoms with Crippen LogP contribution in [-0.4, -0.2) is 0 Å². The van der Waals surface area contributed by atoms with E-state index in [-0.39, 0.29) is 0 Å². The highest BCUT2D eigenvalue weighted by Crippen LogP contribution is 2.46. The molecule has 0 saturated heterocycles. The predicted molar refractivity (Wildman–Crippen MR) is 255 cm³/mol. The Bertz CT molecular complexity index is 3380. The Morgan fingerprint density at radius 2 is 0.694 bits per heavy atom. The summed E-state index contributed by atoms with van der Waals surface area (Å²) in [4.78, 5) is 0. The number of fused-ring (bicyclic) bond motifs is 11. The monoisotopic (exact) mass is 850 g/mol. The largest absolute Gasteiger partial charge is 0.453 e. The van der Waals surface area contributed by atoms with Crippen molar-refractivity contribution in [3.63, 3.8) is 0 Å². The summed E-state index contributed by atoms with van der Waals surface area (Å²) in [6.07, 6.45) is 1.30. The van der Waals surface area contributed by atoms with Gasteiger partial charge in [-0.15, -0.1) is 0 Å². The molecule has 0 radical (unpaired) electrons.